The highest BCUT2D eigenvalue weighted by Gasteiger charge is 2.15. The van der Waals surface area contributed by atoms with Crippen molar-refractivity contribution < 1.29 is 0 Å². The molecule has 0 fully saturated rings. The fraction of sp³-hybridized carbons (Fsp3) is 0.250. The summed E-state index contributed by atoms with van der Waals surface area (Å²) in [6.07, 6.45) is 0. The molecule has 1 aromatic carbocycles. The molecular formula is C8H9ClN2. The highest BCUT2D eigenvalue weighted by Crippen LogP contribution is 2.28. The maximum atomic E-state index is 5.95. The first-order valence-electron chi connectivity index (χ1n) is 3.55. The van der Waals surface area contributed by atoms with Crippen LogP contribution >= 0.6 is 11.6 Å². The Morgan fingerprint density at radius 2 is 2.00 bits per heavy atom. The minimum Gasteiger partial charge on any atom is -0.398 e. The standard InChI is InChI=1S/C8H9ClN2/c9-7-1-2-8(10)6-4-11-3-5(6)7/h1-2,11H,3-4,10H2. The average molecular weight is 169 g/mol. The van der Waals surface area contributed by atoms with Crippen LogP contribution in [-0.4, -0.2) is 0 Å². The fourth-order valence-corrected chi connectivity index (χ4v) is 1.64. The van der Waals surface area contributed by atoms with Crippen molar-refractivity contribution in [2.24, 2.45) is 0 Å². The Bertz CT molecular complexity index is 267. The van der Waals surface area contributed by atoms with Crippen LogP contribution in [0.25, 0.3) is 0 Å². The van der Waals surface area contributed by atoms with Crippen molar-refractivity contribution in [2.45, 2.75) is 13.1 Å². The lowest BCUT2D eigenvalue weighted by Gasteiger charge is -2.03. The maximum absolute atomic E-state index is 5.95. The Labute approximate surface area is 70.3 Å². The number of nitrogen functional groups attached to an aromatic ring is 1. The number of hydrogen-bond acceptors (Lipinski definition) is 2. The van der Waals surface area contributed by atoms with Crippen LogP contribution in [0.1, 0.15) is 11.1 Å². The van der Waals surface area contributed by atoms with E-state index in [4.69, 9.17) is 17.3 Å². The number of rotatable bonds is 0. The zero-order chi connectivity index (χ0) is 7.84. The molecule has 0 spiro atoms. The topological polar surface area (TPSA) is 38.0 Å². The van der Waals surface area contributed by atoms with Crippen LogP contribution in [-0.2, 0) is 13.1 Å². The molecule has 11 heavy (non-hydrogen) atoms. The summed E-state index contributed by atoms with van der Waals surface area (Å²) in [4.78, 5) is 0. The lowest BCUT2D eigenvalue weighted by molar-refractivity contribution is 0.765. The molecule has 0 aromatic heterocycles. The highest BCUT2D eigenvalue weighted by molar-refractivity contribution is 6.31. The molecule has 0 atom stereocenters. The van der Waals surface area contributed by atoms with Gasteiger partial charge in [0.05, 0.1) is 0 Å². The number of benzene rings is 1. The van der Waals surface area contributed by atoms with Gasteiger partial charge in [0.1, 0.15) is 0 Å². The van der Waals surface area contributed by atoms with E-state index in [2.05, 4.69) is 5.32 Å². The van der Waals surface area contributed by atoms with E-state index in [-0.39, 0.29) is 0 Å². The Kier molecular flexibility index (Phi) is 1.51. The molecule has 1 aromatic rings. The van der Waals surface area contributed by atoms with Gasteiger partial charge in [0.15, 0.2) is 0 Å². The third-order valence-corrected chi connectivity index (χ3v) is 2.37. The monoisotopic (exact) mass is 168 g/mol. The predicted molar refractivity (Wildman–Crippen MR) is 46.4 cm³/mol. The number of halogens is 1. The van der Waals surface area contributed by atoms with Gasteiger partial charge in [-0.15, -0.1) is 0 Å². The number of fused-ring (bicyclic) bond motifs is 1. The smallest absolute Gasteiger partial charge is 0.0455 e. The second kappa shape index (κ2) is 2.40. The van der Waals surface area contributed by atoms with Crippen LogP contribution in [0.15, 0.2) is 12.1 Å². The van der Waals surface area contributed by atoms with Crippen molar-refractivity contribution in [1.82, 2.24) is 5.32 Å². The molecule has 0 radical (unpaired) electrons. The van der Waals surface area contributed by atoms with Gasteiger partial charge >= 0.3 is 0 Å². The quantitative estimate of drug-likeness (QED) is 0.577. The number of hydrogen-bond donors (Lipinski definition) is 2. The van der Waals surface area contributed by atoms with Crippen LogP contribution in [0.4, 0.5) is 5.69 Å². The molecule has 3 heteroatoms. The first kappa shape index (κ1) is 6.95. The molecule has 0 saturated carbocycles. The molecule has 0 bridgehead atoms. The van der Waals surface area contributed by atoms with Crippen molar-refractivity contribution >= 4 is 17.3 Å². The third-order valence-electron chi connectivity index (χ3n) is 2.01. The molecule has 1 aliphatic heterocycles. The molecular weight excluding hydrogens is 160 g/mol. The fourth-order valence-electron chi connectivity index (χ4n) is 1.39. The molecule has 1 aliphatic rings. The number of anilines is 1. The summed E-state index contributed by atoms with van der Waals surface area (Å²) in [6.45, 7) is 1.70. The first-order chi connectivity index (χ1) is 5.29. The van der Waals surface area contributed by atoms with Crippen LogP contribution < -0.4 is 11.1 Å². The zero-order valence-electron chi connectivity index (χ0n) is 6.02. The zero-order valence-corrected chi connectivity index (χ0v) is 6.78. The van der Waals surface area contributed by atoms with E-state index in [1.807, 2.05) is 12.1 Å². The minimum absolute atomic E-state index is 0.819. The number of nitrogens with one attached hydrogen (secondary N) is 1. The van der Waals surface area contributed by atoms with Crippen LogP contribution in [0.5, 0.6) is 0 Å². The van der Waals surface area contributed by atoms with Gasteiger partial charge < -0.3 is 11.1 Å². The van der Waals surface area contributed by atoms with Gasteiger partial charge in [-0.3, -0.25) is 0 Å². The summed E-state index contributed by atoms with van der Waals surface area (Å²) in [5, 5.41) is 4.02. The van der Waals surface area contributed by atoms with E-state index in [0.717, 1.165) is 34.9 Å². The molecule has 1 heterocycles. The van der Waals surface area contributed by atoms with Gasteiger partial charge in [-0.25, -0.2) is 0 Å². The summed E-state index contributed by atoms with van der Waals surface area (Å²) < 4.78 is 0. The summed E-state index contributed by atoms with van der Waals surface area (Å²) in [5.74, 6) is 0. The minimum atomic E-state index is 0.819. The second-order valence-corrected chi connectivity index (χ2v) is 3.10. The predicted octanol–water partition coefficient (Wildman–Crippen LogP) is 1.53. The van der Waals surface area contributed by atoms with Crippen molar-refractivity contribution in [3.63, 3.8) is 0 Å². The Hall–Kier alpha value is -0.730. The first-order valence-corrected chi connectivity index (χ1v) is 3.93. The Morgan fingerprint density at radius 1 is 1.27 bits per heavy atom. The molecule has 0 saturated heterocycles. The molecule has 58 valence electrons. The largest absolute Gasteiger partial charge is 0.398 e. The molecule has 0 amide bonds. The molecule has 2 rings (SSSR count). The maximum Gasteiger partial charge on any atom is 0.0455 e. The van der Waals surface area contributed by atoms with Crippen LogP contribution in [0.3, 0.4) is 0 Å². The summed E-state index contributed by atoms with van der Waals surface area (Å²) in [5.41, 5.74) is 8.91. The molecule has 0 unspecified atom stereocenters. The summed E-state index contributed by atoms with van der Waals surface area (Å²) >= 11 is 5.95. The normalized spacial score (nSPS) is 15.0. The van der Waals surface area contributed by atoms with Crippen molar-refractivity contribution in [3.05, 3.63) is 28.3 Å². The van der Waals surface area contributed by atoms with Crippen molar-refractivity contribution in [1.29, 1.82) is 0 Å². The van der Waals surface area contributed by atoms with Gasteiger partial charge in [0.25, 0.3) is 0 Å². The van der Waals surface area contributed by atoms with E-state index in [1.165, 1.54) is 0 Å². The van der Waals surface area contributed by atoms with Crippen molar-refractivity contribution in [2.75, 3.05) is 5.73 Å². The van der Waals surface area contributed by atoms with Gasteiger partial charge in [-0.1, -0.05) is 11.6 Å². The highest BCUT2D eigenvalue weighted by atomic mass is 35.5. The van der Waals surface area contributed by atoms with E-state index in [9.17, 15) is 0 Å². The lowest BCUT2D eigenvalue weighted by atomic mass is 10.1. The van der Waals surface area contributed by atoms with Crippen molar-refractivity contribution in [3.8, 4) is 0 Å². The van der Waals surface area contributed by atoms with Crippen LogP contribution in [0.2, 0.25) is 5.02 Å². The lowest BCUT2D eigenvalue weighted by Crippen LogP contribution is -2.00. The SMILES string of the molecule is Nc1ccc(Cl)c2c1CNC2. The molecule has 2 nitrogen and oxygen atoms in total. The van der Waals surface area contributed by atoms with E-state index >= 15 is 0 Å². The Morgan fingerprint density at radius 3 is 2.73 bits per heavy atom. The molecule has 3 N–H and O–H groups in total. The van der Waals surface area contributed by atoms with Gasteiger partial charge in [0, 0.05) is 23.8 Å². The molecule has 0 aliphatic carbocycles. The van der Waals surface area contributed by atoms with E-state index in [0.29, 0.717) is 0 Å². The summed E-state index contributed by atoms with van der Waals surface area (Å²) in [6, 6.07) is 3.71. The van der Waals surface area contributed by atoms with Gasteiger partial charge in [0.2, 0.25) is 0 Å². The van der Waals surface area contributed by atoms with Gasteiger partial charge in [-0.05, 0) is 23.3 Å². The van der Waals surface area contributed by atoms with Gasteiger partial charge in [-0.2, -0.15) is 0 Å². The average Bonchev–Trinajstić information content (AvgIpc) is 2.45. The van der Waals surface area contributed by atoms with E-state index < -0.39 is 0 Å². The third kappa shape index (κ3) is 0.988. The second-order valence-electron chi connectivity index (χ2n) is 2.70. The van der Waals surface area contributed by atoms with Crippen LogP contribution in [0, 0.1) is 0 Å². The Balaban J connectivity index is 2.64. The van der Waals surface area contributed by atoms with E-state index in [1.54, 1.807) is 0 Å². The summed E-state index contributed by atoms with van der Waals surface area (Å²) in [7, 11) is 0. The number of nitrogens with two attached hydrogens (primary N) is 1.